The number of rotatable bonds is 21. The van der Waals surface area contributed by atoms with Gasteiger partial charge in [-0.25, -0.2) is 19.7 Å². The van der Waals surface area contributed by atoms with Crippen molar-refractivity contribution in [3.63, 3.8) is 0 Å². The number of thiol groups is 1. The van der Waals surface area contributed by atoms with E-state index in [2.05, 4.69) is 61.9 Å². The van der Waals surface area contributed by atoms with Crippen LogP contribution in [0.25, 0.3) is 21.7 Å². The second-order valence-corrected chi connectivity index (χ2v) is 13.7. The summed E-state index contributed by atoms with van der Waals surface area (Å²) < 4.78 is 38.6. The highest BCUT2D eigenvalue weighted by atomic mass is 32.1. The molecule has 0 bridgehead atoms. The first kappa shape index (κ1) is 40.2. The Kier molecular flexibility index (Phi) is 17.9. The number of nitrogens with zero attached hydrogens (tertiary/aromatic N) is 5. The van der Waals surface area contributed by atoms with E-state index in [0.29, 0.717) is 28.0 Å². The van der Waals surface area contributed by atoms with E-state index in [0.717, 1.165) is 45.1 Å². The molecule has 2 N–H and O–H groups in total. The Morgan fingerprint density at radius 1 is 0.939 bits per heavy atom. The normalized spacial score (nSPS) is 11.5. The van der Waals surface area contributed by atoms with Gasteiger partial charge in [-0.3, -0.25) is 9.66 Å². The molecule has 4 heterocycles. The third kappa shape index (κ3) is 15.1. The summed E-state index contributed by atoms with van der Waals surface area (Å²) in [5, 5.41) is 13.0. The zero-order valence-electron chi connectivity index (χ0n) is 28.8. The van der Waals surface area contributed by atoms with Gasteiger partial charge in [-0.2, -0.15) is 13.2 Å². The Morgan fingerprint density at radius 3 is 2.20 bits per heavy atom. The average Bonchev–Trinajstić information content (AvgIpc) is 3.66. The van der Waals surface area contributed by atoms with Crippen LogP contribution in [-0.4, -0.2) is 48.4 Å². The second-order valence-electron chi connectivity index (χ2n) is 12.4. The van der Waals surface area contributed by atoms with Crippen molar-refractivity contribution in [2.45, 2.75) is 134 Å². The highest BCUT2D eigenvalue weighted by molar-refractivity contribution is 7.80. The molecule has 0 aromatic carbocycles. The first-order valence-electron chi connectivity index (χ1n) is 17.6. The van der Waals surface area contributed by atoms with Gasteiger partial charge in [-0.15, -0.1) is 24.0 Å². The lowest BCUT2D eigenvalue weighted by Crippen LogP contribution is -2.14. The number of fused-ring (bicyclic) bond motifs is 1. The first-order chi connectivity index (χ1) is 23.6. The van der Waals surface area contributed by atoms with Crippen LogP contribution in [0.2, 0.25) is 0 Å². The third-order valence-corrected chi connectivity index (χ3v) is 9.54. The van der Waals surface area contributed by atoms with Gasteiger partial charge in [0.05, 0.1) is 16.8 Å². The minimum atomic E-state index is -4.00. The lowest BCUT2D eigenvalue weighted by molar-refractivity contribution is -0.135. The molecule has 0 saturated carbocycles. The van der Waals surface area contributed by atoms with Crippen molar-refractivity contribution in [3.8, 4) is 10.8 Å². The molecule has 270 valence electrons. The number of carboxylic acids is 1. The molecule has 49 heavy (non-hydrogen) atoms. The fourth-order valence-corrected chi connectivity index (χ4v) is 6.55. The standard InChI is InChI=1S/C27H44F3N3.C9H7N3O2S2/c1-2-3-4-5-6-10-13-16-20-32-33-23-24(25-22-31-21-18-26(25)33)17-14-11-8-7-9-12-15-19-27(28,29)30;1-4-5(9(13)14)2-10-7(11-4)8-12-6(15)3-16-8/h18,21-23,32H,2-17,19-20H2,1H3;2-3,15H,1H3,(H,13,14). The number of nitrogens with one attached hydrogen (secondary N) is 1. The van der Waals surface area contributed by atoms with Gasteiger partial charge in [0.25, 0.3) is 0 Å². The summed E-state index contributed by atoms with van der Waals surface area (Å²) in [7, 11) is 0. The van der Waals surface area contributed by atoms with Gasteiger partial charge in [-0.05, 0) is 44.2 Å². The van der Waals surface area contributed by atoms with Crippen LogP contribution >= 0.6 is 24.0 Å². The van der Waals surface area contributed by atoms with Gasteiger partial charge < -0.3 is 10.5 Å². The molecule has 0 spiro atoms. The number of hydrogen-bond acceptors (Lipinski definition) is 8. The van der Waals surface area contributed by atoms with Gasteiger partial charge in [-0.1, -0.05) is 84.0 Å². The minimum Gasteiger partial charge on any atom is -0.478 e. The van der Waals surface area contributed by atoms with Gasteiger partial charge in [0.1, 0.15) is 5.03 Å². The SMILES string of the molecule is CCCCCCCCCCNn1cc(CCCCCCCCCC(F)(F)F)c2cnccc21.Cc1nc(-c2nc(S)cs2)ncc1C(=O)O. The van der Waals surface area contributed by atoms with Crippen molar-refractivity contribution >= 4 is 40.8 Å². The Morgan fingerprint density at radius 2 is 1.59 bits per heavy atom. The van der Waals surface area contributed by atoms with Crippen molar-refractivity contribution in [3.05, 3.63) is 53.1 Å². The number of carboxylic acid groups (broad SMARTS) is 1. The van der Waals surface area contributed by atoms with E-state index in [1.807, 2.05) is 12.4 Å². The molecule has 4 aromatic rings. The first-order valence-corrected chi connectivity index (χ1v) is 18.9. The van der Waals surface area contributed by atoms with E-state index < -0.39 is 18.6 Å². The zero-order valence-corrected chi connectivity index (χ0v) is 30.5. The van der Waals surface area contributed by atoms with Crippen LogP contribution in [0.15, 0.2) is 41.3 Å². The van der Waals surface area contributed by atoms with Crippen LogP contribution in [0.1, 0.15) is 131 Å². The molecular weight excluding hydrogens is 670 g/mol. The number of aryl methyl sites for hydroxylation is 2. The molecule has 0 fully saturated rings. The summed E-state index contributed by atoms with van der Waals surface area (Å²) in [6, 6.07) is 2.07. The number of unbranched alkanes of at least 4 members (excludes halogenated alkanes) is 13. The van der Waals surface area contributed by atoms with E-state index in [-0.39, 0.29) is 12.0 Å². The topological polar surface area (TPSA) is 106 Å². The van der Waals surface area contributed by atoms with E-state index in [4.69, 9.17) is 5.11 Å². The molecule has 0 aliphatic rings. The molecule has 4 rings (SSSR count). The number of aromatic nitrogens is 5. The lowest BCUT2D eigenvalue weighted by Gasteiger charge is -2.09. The molecule has 0 amide bonds. The predicted molar refractivity (Wildman–Crippen MR) is 195 cm³/mol. The molecule has 13 heteroatoms. The van der Waals surface area contributed by atoms with Crippen LogP contribution in [0, 0.1) is 6.92 Å². The van der Waals surface area contributed by atoms with Gasteiger partial charge in [0.15, 0.2) is 10.8 Å². The number of halogens is 3. The van der Waals surface area contributed by atoms with Crippen molar-refractivity contribution < 1.29 is 23.1 Å². The molecule has 8 nitrogen and oxygen atoms in total. The lowest BCUT2D eigenvalue weighted by atomic mass is 10.0. The quantitative estimate of drug-likeness (QED) is 0.0581. The fourth-order valence-electron chi connectivity index (χ4n) is 5.60. The van der Waals surface area contributed by atoms with E-state index >= 15 is 0 Å². The molecule has 0 saturated heterocycles. The third-order valence-electron chi connectivity index (χ3n) is 8.30. The molecular formula is C36H51F3N6O2S2. The van der Waals surface area contributed by atoms with Gasteiger partial charge in [0, 0.05) is 48.5 Å². The van der Waals surface area contributed by atoms with Crippen LogP contribution in [0.3, 0.4) is 0 Å². The number of hydrogen-bond donors (Lipinski definition) is 3. The van der Waals surface area contributed by atoms with Crippen molar-refractivity contribution in [1.82, 2.24) is 24.6 Å². The largest absolute Gasteiger partial charge is 0.478 e. The summed E-state index contributed by atoms with van der Waals surface area (Å²) >= 11 is 5.45. The average molecular weight is 721 g/mol. The smallest absolute Gasteiger partial charge is 0.389 e. The van der Waals surface area contributed by atoms with Crippen LogP contribution in [-0.2, 0) is 6.42 Å². The maximum absolute atomic E-state index is 12.2. The van der Waals surface area contributed by atoms with E-state index in [1.54, 1.807) is 12.3 Å². The molecule has 0 aliphatic heterocycles. The maximum atomic E-state index is 12.2. The van der Waals surface area contributed by atoms with Crippen molar-refractivity contribution in [1.29, 1.82) is 0 Å². The fraction of sp³-hybridized carbons (Fsp3) is 0.583. The molecule has 4 aromatic heterocycles. The highest BCUT2D eigenvalue weighted by Crippen LogP contribution is 2.25. The Bertz CT molecular complexity index is 1540. The zero-order chi connectivity index (χ0) is 35.5. The molecule has 0 aliphatic carbocycles. The predicted octanol–water partition coefficient (Wildman–Crippen LogP) is 10.8. The Labute approximate surface area is 297 Å². The summed E-state index contributed by atoms with van der Waals surface area (Å²) in [6.07, 6.45) is 20.5. The van der Waals surface area contributed by atoms with Gasteiger partial charge in [0.2, 0.25) is 0 Å². The minimum absolute atomic E-state index is 0.103. The summed E-state index contributed by atoms with van der Waals surface area (Å²) in [5.74, 6) is -0.606. The van der Waals surface area contributed by atoms with Crippen molar-refractivity contribution in [2.24, 2.45) is 0 Å². The number of carbonyl (C=O) groups is 1. The maximum Gasteiger partial charge on any atom is 0.389 e. The van der Waals surface area contributed by atoms with Crippen molar-refractivity contribution in [2.75, 3.05) is 12.0 Å². The number of aromatic carboxylic acids is 1. The monoisotopic (exact) mass is 720 g/mol. The van der Waals surface area contributed by atoms with E-state index in [1.165, 1.54) is 85.4 Å². The van der Waals surface area contributed by atoms with Crippen LogP contribution in [0.5, 0.6) is 0 Å². The Hall–Kier alpha value is -3.19. The molecule has 0 radical (unpaired) electrons. The summed E-state index contributed by atoms with van der Waals surface area (Å²) in [6.45, 7) is 4.87. The van der Waals surface area contributed by atoms with Gasteiger partial charge >= 0.3 is 12.1 Å². The number of alkyl halides is 3. The molecule has 0 unspecified atom stereocenters. The summed E-state index contributed by atoms with van der Waals surface area (Å²) in [4.78, 5) is 27.3. The van der Waals surface area contributed by atoms with E-state index in [9.17, 15) is 18.0 Å². The second kappa shape index (κ2) is 21.8. The van der Waals surface area contributed by atoms with Crippen LogP contribution in [0.4, 0.5) is 13.2 Å². The molecule has 0 atom stereocenters. The number of pyridine rings is 1. The van der Waals surface area contributed by atoms with Crippen LogP contribution < -0.4 is 5.43 Å². The highest BCUT2D eigenvalue weighted by Gasteiger charge is 2.25. The Balaban J connectivity index is 0.000000337. The number of thiazole rings is 1. The summed E-state index contributed by atoms with van der Waals surface area (Å²) in [5.41, 5.74) is 6.61.